The first kappa shape index (κ1) is 27.8. The largest absolute Gasteiger partial charge is 0.370 e. The van der Waals surface area contributed by atoms with Gasteiger partial charge in [0.25, 0.3) is 5.91 Å². The zero-order chi connectivity index (χ0) is 22.8. The molecule has 0 spiro atoms. The second kappa shape index (κ2) is 17.6. The molecule has 2 atom stereocenters. The van der Waals surface area contributed by atoms with Gasteiger partial charge in [0.1, 0.15) is 5.78 Å². The van der Waals surface area contributed by atoms with Crippen LogP contribution in [0.1, 0.15) is 51.9 Å². The first-order chi connectivity index (χ1) is 14.3. The number of ketones is 1. The van der Waals surface area contributed by atoms with Crippen molar-refractivity contribution in [2.45, 2.75) is 58.1 Å². The number of rotatable bonds is 18. The third-order valence-electron chi connectivity index (χ3n) is 4.45. The predicted octanol–water partition coefficient (Wildman–Crippen LogP) is -1.71. The summed E-state index contributed by atoms with van der Waals surface area (Å²) < 4.78 is 0. The minimum Gasteiger partial charge on any atom is -0.370 e. The number of amides is 2. The molecular weight excluding hydrogens is 390 g/mol. The lowest BCUT2D eigenvalue weighted by molar-refractivity contribution is -0.138. The van der Waals surface area contributed by atoms with Gasteiger partial charge in [-0.3, -0.25) is 19.4 Å². The molecule has 11 heteroatoms. The Morgan fingerprint density at radius 1 is 1.00 bits per heavy atom. The molecule has 0 aliphatic heterocycles. The number of aliphatic hydroxyl groups is 1. The summed E-state index contributed by atoms with van der Waals surface area (Å²) in [5.41, 5.74) is 15.9. The Morgan fingerprint density at radius 2 is 1.67 bits per heavy atom. The lowest BCUT2D eigenvalue weighted by atomic mass is 9.94. The number of guanidine groups is 1. The topological polar surface area (TPSA) is 198 Å². The van der Waals surface area contributed by atoms with Gasteiger partial charge in [-0.2, -0.15) is 0 Å². The number of hydrogen-bond donors (Lipinski definition) is 7. The van der Waals surface area contributed by atoms with Crippen molar-refractivity contribution in [3.05, 3.63) is 0 Å². The number of unbranched alkanes of at least 4 members (excludes halogenated alkanes) is 2. The van der Waals surface area contributed by atoms with E-state index >= 15 is 0 Å². The van der Waals surface area contributed by atoms with Gasteiger partial charge in [-0.15, -0.1) is 0 Å². The van der Waals surface area contributed by atoms with Crippen LogP contribution in [0.2, 0.25) is 0 Å². The van der Waals surface area contributed by atoms with E-state index in [9.17, 15) is 19.5 Å². The van der Waals surface area contributed by atoms with Crippen molar-refractivity contribution >= 4 is 23.6 Å². The van der Waals surface area contributed by atoms with Crippen LogP contribution < -0.4 is 33.2 Å². The fourth-order valence-electron chi connectivity index (χ4n) is 2.70. The normalized spacial score (nSPS) is 12.6. The van der Waals surface area contributed by atoms with Gasteiger partial charge in [0.15, 0.2) is 5.96 Å². The molecule has 11 nitrogen and oxygen atoms in total. The summed E-state index contributed by atoms with van der Waals surface area (Å²) in [6, 6.07) is 0. The minimum absolute atomic E-state index is 0.0175. The van der Waals surface area contributed by atoms with Crippen molar-refractivity contribution in [2.24, 2.45) is 28.1 Å². The average molecular weight is 430 g/mol. The van der Waals surface area contributed by atoms with E-state index in [4.69, 9.17) is 17.2 Å². The van der Waals surface area contributed by atoms with Crippen LogP contribution in [0.25, 0.3) is 0 Å². The maximum atomic E-state index is 12.1. The van der Waals surface area contributed by atoms with Gasteiger partial charge in [-0.05, 0) is 58.7 Å². The second-order valence-electron chi connectivity index (χ2n) is 7.17. The molecule has 0 aromatic rings. The summed E-state index contributed by atoms with van der Waals surface area (Å²) >= 11 is 0. The van der Waals surface area contributed by atoms with Crippen LogP contribution in [0.5, 0.6) is 0 Å². The molecule has 0 fully saturated rings. The summed E-state index contributed by atoms with van der Waals surface area (Å²) in [7, 11) is 0. The molecule has 0 rings (SSSR count). The minimum atomic E-state index is -1.64. The molecule has 0 radical (unpaired) electrons. The van der Waals surface area contributed by atoms with E-state index in [-0.39, 0.29) is 18.2 Å². The first-order valence-corrected chi connectivity index (χ1v) is 10.5. The highest BCUT2D eigenvalue weighted by Gasteiger charge is 2.22. The molecule has 0 aromatic carbocycles. The van der Waals surface area contributed by atoms with Crippen molar-refractivity contribution in [3.63, 3.8) is 0 Å². The zero-order valence-corrected chi connectivity index (χ0v) is 18.0. The Bertz CT molecular complexity index is 539. The van der Waals surface area contributed by atoms with Gasteiger partial charge < -0.3 is 38.3 Å². The van der Waals surface area contributed by atoms with E-state index in [1.807, 2.05) is 0 Å². The quantitative estimate of drug-likeness (QED) is 0.0578. The van der Waals surface area contributed by atoms with Crippen LogP contribution in [0.4, 0.5) is 0 Å². The molecule has 2 unspecified atom stereocenters. The third-order valence-corrected chi connectivity index (χ3v) is 4.45. The highest BCUT2D eigenvalue weighted by Crippen LogP contribution is 2.14. The van der Waals surface area contributed by atoms with Gasteiger partial charge in [-0.25, -0.2) is 0 Å². The van der Waals surface area contributed by atoms with Crippen molar-refractivity contribution in [2.75, 3.05) is 32.7 Å². The van der Waals surface area contributed by atoms with Gasteiger partial charge >= 0.3 is 0 Å². The van der Waals surface area contributed by atoms with Crippen LogP contribution >= 0.6 is 0 Å². The van der Waals surface area contributed by atoms with Gasteiger partial charge in [0.05, 0.1) is 0 Å². The lowest BCUT2D eigenvalue weighted by Crippen LogP contribution is -2.47. The van der Waals surface area contributed by atoms with Crippen LogP contribution in [-0.4, -0.2) is 67.6 Å². The molecular formula is C19H39N7O4. The Hall–Kier alpha value is -2.24. The Kier molecular flexibility index (Phi) is 16.3. The van der Waals surface area contributed by atoms with Gasteiger partial charge in [-0.1, -0.05) is 6.42 Å². The molecule has 0 saturated carbocycles. The van der Waals surface area contributed by atoms with Crippen molar-refractivity contribution in [3.8, 4) is 0 Å². The fraction of sp³-hybridized carbons (Fsp3) is 0.789. The van der Waals surface area contributed by atoms with Gasteiger partial charge in [0, 0.05) is 25.4 Å². The summed E-state index contributed by atoms with van der Waals surface area (Å²) in [4.78, 5) is 39.6. The van der Waals surface area contributed by atoms with Crippen LogP contribution in [0.15, 0.2) is 4.99 Å². The predicted molar refractivity (Wildman–Crippen MR) is 116 cm³/mol. The number of carbonyl (C=O) groups is 3. The Labute approximate surface area is 178 Å². The smallest absolute Gasteiger partial charge is 0.269 e. The zero-order valence-electron chi connectivity index (χ0n) is 18.0. The number of nitrogens with one attached hydrogen (secondary N) is 3. The number of aliphatic hydroxyl groups excluding tert-OH is 1. The maximum Gasteiger partial charge on any atom is 0.269 e. The van der Waals surface area contributed by atoms with Gasteiger partial charge in [0.2, 0.25) is 12.1 Å². The molecule has 30 heavy (non-hydrogen) atoms. The van der Waals surface area contributed by atoms with Crippen molar-refractivity contribution < 1.29 is 19.5 Å². The SMILES string of the molecule is CC(=O)C(CCCCN=C(N)N)CC(=O)NC(O)C(=O)NCCCCNCCCN. The maximum absolute atomic E-state index is 12.1. The first-order valence-electron chi connectivity index (χ1n) is 10.5. The van der Waals surface area contributed by atoms with Crippen molar-refractivity contribution in [1.82, 2.24) is 16.0 Å². The van der Waals surface area contributed by atoms with E-state index in [1.165, 1.54) is 6.92 Å². The number of carbonyl (C=O) groups excluding carboxylic acids is 3. The van der Waals surface area contributed by atoms with E-state index in [0.29, 0.717) is 38.9 Å². The summed E-state index contributed by atoms with van der Waals surface area (Å²) in [6.45, 7) is 4.62. The number of Topliss-reactive ketones (excluding diaryl/α,β-unsaturated/α-hetero) is 1. The number of nitrogens with two attached hydrogens (primary N) is 3. The molecule has 0 heterocycles. The highest BCUT2D eigenvalue weighted by atomic mass is 16.3. The second-order valence-corrected chi connectivity index (χ2v) is 7.17. The summed E-state index contributed by atoms with van der Waals surface area (Å²) in [5, 5.41) is 17.9. The monoisotopic (exact) mass is 429 g/mol. The fourth-order valence-corrected chi connectivity index (χ4v) is 2.70. The summed E-state index contributed by atoms with van der Waals surface area (Å²) in [5.74, 6) is -1.80. The number of nitrogens with zero attached hydrogens (tertiary/aromatic N) is 1. The van der Waals surface area contributed by atoms with Crippen molar-refractivity contribution in [1.29, 1.82) is 0 Å². The molecule has 2 amide bonds. The van der Waals surface area contributed by atoms with E-state index in [0.717, 1.165) is 32.4 Å². The molecule has 0 bridgehead atoms. The Balaban J connectivity index is 4.06. The third kappa shape index (κ3) is 15.7. The Morgan fingerprint density at radius 3 is 2.30 bits per heavy atom. The number of aliphatic imine (C=N–C) groups is 1. The van der Waals surface area contributed by atoms with E-state index < -0.39 is 24.0 Å². The van der Waals surface area contributed by atoms with E-state index in [1.54, 1.807) is 0 Å². The lowest BCUT2D eigenvalue weighted by Gasteiger charge is -2.16. The number of hydrogen-bond acceptors (Lipinski definition) is 7. The average Bonchev–Trinajstić information content (AvgIpc) is 2.68. The van der Waals surface area contributed by atoms with Crippen LogP contribution in [0.3, 0.4) is 0 Å². The molecule has 0 aromatic heterocycles. The summed E-state index contributed by atoms with van der Waals surface area (Å²) in [6.07, 6.45) is 2.68. The molecule has 10 N–H and O–H groups in total. The molecule has 0 aliphatic carbocycles. The molecule has 174 valence electrons. The van der Waals surface area contributed by atoms with E-state index in [2.05, 4.69) is 20.9 Å². The van der Waals surface area contributed by atoms with Crippen LogP contribution in [-0.2, 0) is 14.4 Å². The molecule has 0 saturated heterocycles. The highest BCUT2D eigenvalue weighted by molar-refractivity contribution is 5.89. The standard InChI is InChI=1S/C19H39N7O4/c1-14(27)15(7-2-3-12-25-19(21)22)13-16(28)26-18(30)17(29)24-11-5-4-9-23-10-6-8-20/h15,18,23,30H,2-13,20H2,1H3,(H,24,29)(H,26,28)(H4,21,22,25). The molecule has 0 aliphatic rings. The van der Waals surface area contributed by atoms with Crippen LogP contribution in [0, 0.1) is 5.92 Å².